The average molecular weight is 275 g/mol. The normalized spacial score (nSPS) is 22.3. The van der Waals surface area contributed by atoms with Crippen molar-refractivity contribution < 1.29 is 4.79 Å². The van der Waals surface area contributed by atoms with Gasteiger partial charge < -0.3 is 16.4 Å². The summed E-state index contributed by atoms with van der Waals surface area (Å²) in [6.07, 6.45) is 6.15. The van der Waals surface area contributed by atoms with Crippen LogP contribution < -0.4 is 16.4 Å². The first kappa shape index (κ1) is 14.7. The SMILES string of the molecule is CCC1CCC(Nc2cc(N)ccc2C(=O)NC)CC1. The molecule has 4 nitrogen and oxygen atoms in total. The molecule has 1 aliphatic carbocycles. The smallest absolute Gasteiger partial charge is 0.253 e. The van der Waals surface area contributed by atoms with Crippen molar-refractivity contribution in [2.45, 2.75) is 45.1 Å². The molecule has 2 rings (SSSR count). The molecule has 20 heavy (non-hydrogen) atoms. The minimum absolute atomic E-state index is 0.0743. The summed E-state index contributed by atoms with van der Waals surface area (Å²) >= 11 is 0. The van der Waals surface area contributed by atoms with E-state index in [4.69, 9.17) is 5.73 Å². The van der Waals surface area contributed by atoms with Crippen LogP contribution in [-0.2, 0) is 0 Å². The van der Waals surface area contributed by atoms with Crippen LogP contribution in [-0.4, -0.2) is 19.0 Å². The molecule has 4 N–H and O–H groups in total. The van der Waals surface area contributed by atoms with Gasteiger partial charge >= 0.3 is 0 Å². The van der Waals surface area contributed by atoms with Crippen molar-refractivity contribution in [2.75, 3.05) is 18.1 Å². The van der Waals surface area contributed by atoms with E-state index in [-0.39, 0.29) is 5.91 Å². The van der Waals surface area contributed by atoms with Crippen LogP contribution in [0.4, 0.5) is 11.4 Å². The number of hydrogen-bond donors (Lipinski definition) is 3. The highest BCUT2D eigenvalue weighted by Crippen LogP contribution is 2.30. The molecule has 110 valence electrons. The summed E-state index contributed by atoms with van der Waals surface area (Å²) in [5.41, 5.74) is 8.05. The molecule has 0 saturated heterocycles. The molecule has 0 aliphatic heterocycles. The highest BCUT2D eigenvalue weighted by Gasteiger charge is 2.21. The Morgan fingerprint density at radius 1 is 1.30 bits per heavy atom. The van der Waals surface area contributed by atoms with Gasteiger partial charge in [-0.3, -0.25) is 4.79 Å². The van der Waals surface area contributed by atoms with Crippen LogP contribution in [0.3, 0.4) is 0 Å². The van der Waals surface area contributed by atoms with Gasteiger partial charge in [0.25, 0.3) is 5.91 Å². The molecular weight excluding hydrogens is 250 g/mol. The number of anilines is 2. The Kier molecular flexibility index (Phi) is 4.88. The second kappa shape index (κ2) is 6.64. The van der Waals surface area contributed by atoms with E-state index in [1.807, 2.05) is 6.07 Å². The van der Waals surface area contributed by atoms with Gasteiger partial charge in [-0.15, -0.1) is 0 Å². The lowest BCUT2D eigenvalue weighted by atomic mass is 9.84. The maximum Gasteiger partial charge on any atom is 0.253 e. The minimum atomic E-state index is -0.0743. The fourth-order valence-corrected chi connectivity index (χ4v) is 2.95. The number of benzene rings is 1. The van der Waals surface area contributed by atoms with E-state index in [9.17, 15) is 4.79 Å². The first-order chi connectivity index (χ1) is 9.63. The largest absolute Gasteiger partial charge is 0.399 e. The molecule has 1 amide bonds. The third kappa shape index (κ3) is 3.44. The summed E-state index contributed by atoms with van der Waals surface area (Å²) in [7, 11) is 1.65. The van der Waals surface area contributed by atoms with Gasteiger partial charge in [-0.05, 0) is 49.8 Å². The Morgan fingerprint density at radius 2 is 2.00 bits per heavy atom. The highest BCUT2D eigenvalue weighted by molar-refractivity contribution is 6.00. The van der Waals surface area contributed by atoms with Gasteiger partial charge in [-0.25, -0.2) is 0 Å². The molecule has 0 radical (unpaired) electrons. The molecule has 0 bridgehead atoms. The van der Waals surface area contributed by atoms with Crippen molar-refractivity contribution in [3.05, 3.63) is 23.8 Å². The van der Waals surface area contributed by atoms with Crippen molar-refractivity contribution in [3.63, 3.8) is 0 Å². The quantitative estimate of drug-likeness (QED) is 0.740. The Hall–Kier alpha value is -1.71. The summed E-state index contributed by atoms with van der Waals surface area (Å²) in [6, 6.07) is 5.86. The Balaban J connectivity index is 2.08. The van der Waals surface area contributed by atoms with E-state index >= 15 is 0 Å². The molecule has 1 fully saturated rings. The Morgan fingerprint density at radius 3 is 2.60 bits per heavy atom. The predicted molar refractivity (Wildman–Crippen MR) is 83.9 cm³/mol. The van der Waals surface area contributed by atoms with Crippen LogP contribution in [0.1, 0.15) is 49.4 Å². The van der Waals surface area contributed by atoms with E-state index in [0.29, 0.717) is 17.3 Å². The number of hydrogen-bond acceptors (Lipinski definition) is 3. The van der Waals surface area contributed by atoms with Gasteiger partial charge in [-0.1, -0.05) is 13.3 Å². The molecule has 1 saturated carbocycles. The minimum Gasteiger partial charge on any atom is -0.399 e. The van der Waals surface area contributed by atoms with E-state index in [1.165, 1.54) is 32.1 Å². The summed E-state index contributed by atoms with van der Waals surface area (Å²) < 4.78 is 0. The summed E-state index contributed by atoms with van der Waals surface area (Å²) in [5.74, 6) is 0.794. The zero-order valence-electron chi connectivity index (χ0n) is 12.4. The predicted octanol–water partition coefficient (Wildman–Crippen LogP) is 3.01. The first-order valence-corrected chi connectivity index (χ1v) is 7.52. The number of rotatable bonds is 4. The molecule has 4 heteroatoms. The van der Waals surface area contributed by atoms with Crippen LogP contribution in [0.2, 0.25) is 0 Å². The molecule has 0 unspecified atom stereocenters. The molecule has 1 aromatic rings. The fourth-order valence-electron chi connectivity index (χ4n) is 2.95. The monoisotopic (exact) mass is 275 g/mol. The van der Waals surface area contributed by atoms with E-state index in [2.05, 4.69) is 17.6 Å². The van der Waals surface area contributed by atoms with Crippen LogP contribution in [0.15, 0.2) is 18.2 Å². The van der Waals surface area contributed by atoms with Crippen LogP contribution in [0, 0.1) is 5.92 Å². The van der Waals surface area contributed by atoms with Crippen molar-refractivity contribution in [1.29, 1.82) is 0 Å². The van der Waals surface area contributed by atoms with Gasteiger partial charge in [0.1, 0.15) is 0 Å². The van der Waals surface area contributed by atoms with E-state index in [0.717, 1.165) is 11.6 Å². The maximum atomic E-state index is 11.9. The number of carbonyl (C=O) groups excluding carboxylic acids is 1. The summed E-state index contributed by atoms with van der Waals surface area (Å²) in [6.45, 7) is 2.26. The van der Waals surface area contributed by atoms with Gasteiger partial charge in [0.05, 0.1) is 5.56 Å². The lowest BCUT2D eigenvalue weighted by Crippen LogP contribution is -2.28. The summed E-state index contributed by atoms with van der Waals surface area (Å²) in [4.78, 5) is 11.9. The van der Waals surface area contributed by atoms with Gasteiger partial charge in [0.15, 0.2) is 0 Å². The molecule has 1 aliphatic rings. The van der Waals surface area contributed by atoms with Crippen molar-refractivity contribution in [3.8, 4) is 0 Å². The number of amides is 1. The van der Waals surface area contributed by atoms with Gasteiger partial charge in [0, 0.05) is 24.5 Å². The van der Waals surface area contributed by atoms with Crippen molar-refractivity contribution in [2.24, 2.45) is 5.92 Å². The molecule has 0 heterocycles. The van der Waals surface area contributed by atoms with Crippen molar-refractivity contribution in [1.82, 2.24) is 5.32 Å². The lowest BCUT2D eigenvalue weighted by molar-refractivity contribution is 0.0964. The van der Waals surface area contributed by atoms with E-state index in [1.54, 1.807) is 19.2 Å². The first-order valence-electron chi connectivity index (χ1n) is 7.52. The fraction of sp³-hybridized carbons (Fsp3) is 0.562. The Labute approximate surface area is 121 Å². The summed E-state index contributed by atoms with van der Waals surface area (Å²) in [5, 5.41) is 6.18. The second-order valence-corrected chi connectivity index (χ2v) is 5.65. The standard InChI is InChI=1S/C16H25N3O/c1-3-11-4-7-13(8-5-11)19-15-10-12(17)6-9-14(15)16(20)18-2/h6,9-11,13,19H,3-5,7-8,17H2,1-2H3,(H,18,20). The number of nitrogens with two attached hydrogens (primary N) is 1. The molecule has 0 spiro atoms. The van der Waals surface area contributed by atoms with Gasteiger partial charge in [0.2, 0.25) is 0 Å². The van der Waals surface area contributed by atoms with Crippen LogP contribution in [0.25, 0.3) is 0 Å². The van der Waals surface area contributed by atoms with Gasteiger partial charge in [-0.2, -0.15) is 0 Å². The average Bonchev–Trinajstić information content (AvgIpc) is 2.47. The zero-order valence-corrected chi connectivity index (χ0v) is 12.4. The number of nitrogen functional groups attached to an aromatic ring is 1. The second-order valence-electron chi connectivity index (χ2n) is 5.65. The van der Waals surface area contributed by atoms with Crippen LogP contribution >= 0.6 is 0 Å². The molecule has 0 aromatic heterocycles. The molecule has 0 atom stereocenters. The van der Waals surface area contributed by atoms with Crippen molar-refractivity contribution >= 4 is 17.3 Å². The van der Waals surface area contributed by atoms with E-state index < -0.39 is 0 Å². The molecule has 1 aromatic carbocycles. The Bertz CT molecular complexity index is 465. The third-order valence-corrected chi connectivity index (χ3v) is 4.30. The maximum absolute atomic E-state index is 11.9. The number of carbonyl (C=O) groups is 1. The third-order valence-electron chi connectivity index (χ3n) is 4.30. The zero-order chi connectivity index (χ0) is 14.5. The number of nitrogens with one attached hydrogen (secondary N) is 2. The van der Waals surface area contributed by atoms with Crippen LogP contribution in [0.5, 0.6) is 0 Å². The molecular formula is C16H25N3O. The topological polar surface area (TPSA) is 67.1 Å². The lowest BCUT2D eigenvalue weighted by Gasteiger charge is -2.29. The highest BCUT2D eigenvalue weighted by atomic mass is 16.1.